The molecular formula is C21H24N4O. The van der Waals surface area contributed by atoms with Crippen molar-refractivity contribution in [3.8, 4) is 5.75 Å². The highest BCUT2D eigenvalue weighted by Crippen LogP contribution is 2.28. The van der Waals surface area contributed by atoms with Gasteiger partial charge in [0.1, 0.15) is 11.6 Å². The number of hydrogen-bond donors (Lipinski definition) is 2. The summed E-state index contributed by atoms with van der Waals surface area (Å²) < 4.78 is 5.67. The van der Waals surface area contributed by atoms with Gasteiger partial charge in [-0.25, -0.2) is 4.98 Å². The molecule has 0 aliphatic heterocycles. The highest BCUT2D eigenvalue weighted by molar-refractivity contribution is 5.66. The molecule has 0 unspecified atom stereocenters. The molecule has 0 fully saturated rings. The van der Waals surface area contributed by atoms with Gasteiger partial charge in [0.2, 0.25) is 5.95 Å². The number of nitrogens with one attached hydrogen (secondary N) is 2. The van der Waals surface area contributed by atoms with Crippen molar-refractivity contribution in [2.45, 2.75) is 27.7 Å². The number of nitrogens with zero attached hydrogens (tertiary/aromatic N) is 2. The van der Waals surface area contributed by atoms with Crippen LogP contribution in [0.5, 0.6) is 5.75 Å². The SMILES string of the molecule is CCOc1ccccc1Nc1cc(C)nc(Nc2cccc(C)c2C)n1. The summed E-state index contributed by atoms with van der Waals surface area (Å²) in [4.78, 5) is 9.11. The molecule has 1 heterocycles. The lowest BCUT2D eigenvalue weighted by molar-refractivity contribution is 0.342. The number of aryl methyl sites for hydroxylation is 2. The van der Waals surface area contributed by atoms with Crippen LogP contribution < -0.4 is 15.4 Å². The van der Waals surface area contributed by atoms with E-state index >= 15 is 0 Å². The van der Waals surface area contributed by atoms with E-state index in [1.54, 1.807) is 0 Å². The summed E-state index contributed by atoms with van der Waals surface area (Å²) in [7, 11) is 0. The Morgan fingerprint density at radius 1 is 0.885 bits per heavy atom. The first-order valence-electron chi connectivity index (χ1n) is 8.74. The Bertz CT molecular complexity index is 908. The Labute approximate surface area is 154 Å². The Balaban J connectivity index is 1.88. The van der Waals surface area contributed by atoms with Gasteiger partial charge in [0.05, 0.1) is 12.3 Å². The molecule has 0 saturated carbocycles. The smallest absolute Gasteiger partial charge is 0.229 e. The number of anilines is 4. The van der Waals surface area contributed by atoms with E-state index in [2.05, 4.69) is 40.5 Å². The van der Waals surface area contributed by atoms with Crippen LogP contribution in [0.2, 0.25) is 0 Å². The van der Waals surface area contributed by atoms with Gasteiger partial charge >= 0.3 is 0 Å². The van der Waals surface area contributed by atoms with Crippen molar-refractivity contribution in [1.82, 2.24) is 9.97 Å². The summed E-state index contributed by atoms with van der Waals surface area (Å²) in [6, 6.07) is 15.9. The summed E-state index contributed by atoms with van der Waals surface area (Å²) in [5.74, 6) is 2.09. The van der Waals surface area contributed by atoms with Crippen LogP contribution in [0.1, 0.15) is 23.7 Å². The number of ether oxygens (including phenoxy) is 1. The van der Waals surface area contributed by atoms with Crippen molar-refractivity contribution in [2.24, 2.45) is 0 Å². The molecule has 0 spiro atoms. The van der Waals surface area contributed by atoms with Crippen LogP contribution in [0.25, 0.3) is 0 Å². The van der Waals surface area contributed by atoms with E-state index in [0.29, 0.717) is 12.6 Å². The maximum Gasteiger partial charge on any atom is 0.229 e. The summed E-state index contributed by atoms with van der Waals surface area (Å²) >= 11 is 0. The van der Waals surface area contributed by atoms with Crippen LogP contribution in [0.4, 0.5) is 23.1 Å². The number of rotatable bonds is 6. The number of aromatic nitrogens is 2. The van der Waals surface area contributed by atoms with Gasteiger partial charge in [-0.1, -0.05) is 24.3 Å². The quantitative estimate of drug-likeness (QED) is 0.634. The van der Waals surface area contributed by atoms with Crippen LogP contribution in [0.3, 0.4) is 0 Å². The standard InChI is InChI=1S/C21H24N4O/c1-5-26-19-12-7-6-10-18(19)23-20-13-15(3)22-21(25-20)24-17-11-8-9-14(2)16(17)4/h6-13H,5H2,1-4H3,(H2,22,23,24,25). The molecule has 0 atom stereocenters. The molecule has 26 heavy (non-hydrogen) atoms. The van der Waals surface area contributed by atoms with Gasteiger partial charge in [-0.15, -0.1) is 0 Å². The summed E-state index contributed by atoms with van der Waals surface area (Å²) in [6.07, 6.45) is 0. The van der Waals surface area contributed by atoms with Crippen molar-refractivity contribution >= 4 is 23.1 Å². The van der Waals surface area contributed by atoms with Crippen LogP contribution >= 0.6 is 0 Å². The molecule has 0 bridgehead atoms. The summed E-state index contributed by atoms with van der Waals surface area (Å²) in [6.45, 7) is 8.72. The molecular weight excluding hydrogens is 324 g/mol. The minimum Gasteiger partial charge on any atom is -0.492 e. The van der Waals surface area contributed by atoms with Gasteiger partial charge in [0.25, 0.3) is 0 Å². The normalized spacial score (nSPS) is 10.5. The summed E-state index contributed by atoms with van der Waals surface area (Å²) in [5.41, 5.74) is 5.19. The molecule has 0 aliphatic rings. The Morgan fingerprint density at radius 3 is 2.46 bits per heavy atom. The molecule has 3 rings (SSSR count). The molecule has 3 aromatic rings. The van der Waals surface area contributed by atoms with Gasteiger partial charge in [0.15, 0.2) is 0 Å². The van der Waals surface area contributed by atoms with E-state index in [-0.39, 0.29) is 0 Å². The first-order chi connectivity index (χ1) is 12.6. The fourth-order valence-electron chi connectivity index (χ4n) is 2.68. The average molecular weight is 348 g/mol. The lowest BCUT2D eigenvalue weighted by Crippen LogP contribution is -2.04. The monoisotopic (exact) mass is 348 g/mol. The van der Waals surface area contributed by atoms with E-state index < -0.39 is 0 Å². The molecule has 2 aromatic carbocycles. The van der Waals surface area contributed by atoms with Crippen molar-refractivity contribution in [1.29, 1.82) is 0 Å². The van der Waals surface area contributed by atoms with E-state index in [0.717, 1.165) is 28.6 Å². The lowest BCUT2D eigenvalue weighted by Gasteiger charge is -2.14. The van der Waals surface area contributed by atoms with Gasteiger partial charge in [-0.05, 0) is 57.0 Å². The van der Waals surface area contributed by atoms with Crippen LogP contribution in [0, 0.1) is 20.8 Å². The Morgan fingerprint density at radius 2 is 1.65 bits per heavy atom. The van der Waals surface area contributed by atoms with Crippen molar-refractivity contribution in [3.63, 3.8) is 0 Å². The second-order valence-corrected chi connectivity index (χ2v) is 6.14. The zero-order chi connectivity index (χ0) is 18.5. The van der Waals surface area contributed by atoms with E-state index in [1.165, 1.54) is 11.1 Å². The topological polar surface area (TPSA) is 59.1 Å². The zero-order valence-corrected chi connectivity index (χ0v) is 15.6. The molecule has 0 amide bonds. The maximum atomic E-state index is 5.67. The first kappa shape index (κ1) is 17.7. The molecule has 5 heteroatoms. The van der Waals surface area contributed by atoms with Crippen molar-refractivity contribution in [3.05, 3.63) is 65.4 Å². The third-order valence-electron chi connectivity index (χ3n) is 4.15. The second-order valence-electron chi connectivity index (χ2n) is 6.14. The predicted octanol–water partition coefficient (Wildman–Crippen LogP) is 5.29. The minimum absolute atomic E-state index is 0.565. The molecule has 134 valence electrons. The van der Waals surface area contributed by atoms with E-state index in [4.69, 9.17) is 4.74 Å². The van der Waals surface area contributed by atoms with Crippen LogP contribution in [-0.4, -0.2) is 16.6 Å². The minimum atomic E-state index is 0.565. The predicted molar refractivity (Wildman–Crippen MR) is 107 cm³/mol. The Kier molecular flexibility index (Phi) is 5.37. The van der Waals surface area contributed by atoms with Crippen molar-refractivity contribution < 1.29 is 4.74 Å². The fourth-order valence-corrected chi connectivity index (χ4v) is 2.68. The highest BCUT2D eigenvalue weighted by Gasteiger charge is 2.08. The van der Waals surface area contributed by atoms with Crippen molar-refractivity contribution in [2.75, 3.05) is 17.2 Å². The van der Waals surface area contributed by atoms with Crippen LogP contribution in [-0.2, 0) is 0 Å². The fraction of sp³-hybridized carbons (Fsp3) is 0.238. The summed E-state index contributed by atoms with van der Waals surface area (Å²) in [5, 5.41) is 6.66. The lowest BCUT2D eigenvalue weighted by atomic mass is 10.1. The molecule has 0 saturated heterocycles. The van der Waals surface area contributed by atoms with Crippen LogP contribution in [0.15, 0.2) is 48.5 Å². The molecule has 1 aromatic heterocycles. The second kappa shape index (κ2) is 7.87. The third-order valence-corrected chi connectivity index (χ3v) is 4.15. The molecule has 0 aliphatic carbocycles. The highest BCUT2D eigenvalue weighted by atomic mass is 16.5. The first-order valence-corrected chi connectivity index (χ1v) is 8.74. The number of benzene rings is 2. The molecule has 0 radical (unpaired) electrons. The largest absolute Gasteiger partial charge is 0.492 e. The van der Waals surface area contributed by atoms with E-state index in [1.807, 2.05) is 56.3 Å². The van der Waals surface area contributed by atoms with Gasteiger partial charge < -0.3 is 15.4 Å². The molecule has 5 nitrogen and oxygen atoms in total. The maximum absolute atomic E-state index is 5.67. The van der Waals surface area contributed by atoms with Gasteiger partial charge in [-0.3, -0.25) is 0 Å². The number of para-hydroxylation sites is 2. The van der Waals surface area contributed by atoms with Gasteiger partial charge in [0, 0.05) is 17.4 Å². The number of hydrogen-bond acceptors (Lipinski definition) is 5. The Hall–Kier alpha value is -3.08. The van der Waals surface area contributed by atoms with E-state index in [9.17, 15) is 0 Å². The zero-order valence-electron chi connectivity index (χ0n) is 15.6. The van der Waals surface area contributed by atoms with Gasteiger partial charge in [-0.2, -0.15) is 4.98 Å². The third kappa shape index (κ3) is 4.11. The molecule has 2 N–H and O–H groups in total. The average Bonchev–Trinajstić information content (AvgIpc) is 2.60.